The fourth-order valence-electron chi connectivity index (χ4n) is 8.76. The molecule has 520 valence electrons. The molecule has 1 aliphatic carbocycles. The normalized spacial score (nSPS) is 15.2. The first-order valence-corrected chi connectivity index (χ1v) is 27.8. The SMILES string of the molecule is C=CCOC(=O)c1csc([C@@H](C)NC(=O)c2csc([C@@H](C)NC(=O)c3nc([C@@H](C)NC(=O)OCC4c5cc(CCC(F)(F)C(F)(F)C(F)(F)C(F)(F)C(F)(F)C(F)(F)F)ccc5-c5ccc(CCC(F)(F)C(F)(F)C(F)(F)C(F)(F)C(F)(F)C(F)(F)F)cc54)oc3C)n2)n1. The number of nitrogens with zero attached hydrogens (tertiary/aromatic N) is 3. The highest BCUT2D eigenvalue weighted by Gasteiger charge is 2.92. The van der Waals surface area contributed by atoms with Crippen molar-refractivity contribution in [1.82, 2.24) is 30.9 Å². The van der Waals surface area contributed by atoms with Crippen molar-refractivity contribution < 1.29 is 147 Å². The maximum atomic E-state index is 14.9. The van der Waals surface area contributed by atoms with Gasteiger partial charge in [-0.1, -0.05) is 49.1 Å². The monoisotopic (exact) mass is 1430 g/mol. The topological polar surface area (TPSA) is 175 Å². The molecule has 0 fully saturated rings. The van der Waals surface area contributed by atoms with Gasteiger partial charge in [-0.3, -0.25) is 9.59 Å². The zero-order valence-electron chi connectivity index (χ0n) is 47.3. The third kappa shape index (κ3) is 13.7. The molecular formula is C53H42F26N6O7S2. The number of aryl methyl sites for hydroxylation is 3. The molecule has 13 nitrogen and oxygen atoms in total. The molecule has 0 unspecified atom stereocenters. The number of esters is 1. The minimum absolute atomic E-state index is 0.0165. The number of nitrogens with one attached hydrogen (secondary N) is 3. The number of fused-ring (bicyclic) bond motifs is 3. The smallest absolute Gasteiger partial charge is 0.457 e. The summed E-state index contributed by atoms with van der Waals surface area (Å²) in [6.45, 7) is 7.68. The molecule has 3 N–H and O–H groups in total. The van der Waals surface area contributed by atoms with E-state index in [1.807, 2.05) is 0 Å². The summed E-state index contributed by atoms with van der Waals surface area (Å²) in [7, 11) is 0. The molecule has 0 spiro atoms. The number of benzene rings is 2. The largest absolute Gasteiger partial charge is 0.460 e. The number of alkyl carbamates (subject to hydrolysis) is 1. The maximum Gasteiger partial charge on any atom is 0.460 e. The number of ether oxygens (including phenoxy) is 2. The zero-order chi connectivity index (χ0) is 71.5. The van der Waals surface area contributed by atoms with Crippen molar-refractivity contribution in [2.75, 3.05) is 13.2 Å². The molecule has 3 heterocycles. The molecule has 0 saturated heterocycles. The van der Waals surface area contributed by atoms with Crippen LogP contribution in [0.3, 0.4) is 0 Å². The number of halogens is 26. The second-order valence-electron chi connectivity index (χ2n) is 20.7. The number of thiazole rings is 2. The number of amides is 3. The Morgan fingerprint density at radius 2 is 0.947 bits per heavy atom. The quantitative estimate of drug-likeness (QED) is 0.0261. The molecule has 1 aliphatic rings. The average Bonchev–Trinajstić information content (AvgIpc) is 0.965. The second-order valence-corrected chi connectivity index (χ2v) is 22.5. The third-order valence-electron chi connectivity index (χ3n) is 14.1. The molecule has 3 atom stereocenters. The summed E-state index contributed by atoms with van der Waals surface area (Å²) >= 11 is 2.00. The van der Waals surface area contributed by atoms with E-state index in [1.165, 1.54) is 37.6 Å². The van der Waals surface area contributed by atoms with Gasteiger partial charge in [0.1, 0.15) is 40.7 Å². The van der Waals surface area contributed by atoms with Gasteiger partial charge >= 0.3 is 83.6 Å². The number of hydrogen-bond donors (Lipinski definition) is 3. The van der Waals surface area contributed by atoms with Crippen LogP contribution < -0.4 is 16.0 Å². The standard InChI is InChI=1S/C53H42F26N6O7S2/c1-6-15-90-40(88)33-20-94-39(84-33)22(3)80-35(86)32-19-93-38(83-32)23(4)81-36(87)34-24(5)92-37(85-34)21(2)82-41(89)91-18-31-29-16-25(11-13-42(54,55)44(58,59)46(62,63)48(66,67)50(70,71)52(74,75)76)7-9-27(29)28-10-8-26(17-30(28)31)12-14-43(56,57)45(60,61)47(64,65)49(68,69)51(72,73)53(77,78)79/h6-10,16-17,19-23,31H,1,11-15,18H2,2-5H3,(H,80,86)(H,81,87)(H,82,89)/t21-,22-,23-/m1/s1. The number of hydrogen-bond acceptors (Lipinski definition) is 12. The summed E-state index contributed by atoms with van der Waals surface area (Å²) in [5.74, 6) is -82.1. The number of carbonyl (C=O) groups is 4. The van der Waals surface area contributed by atoms with Crippen LogP contribution in [0.4, 0.5) is 119 Å². The Morgan fingerprint density at radius 3 is 1.37 bits per heavy atom. The van der Waals surface area contributed by atoms with Crippen molar-refractivity contribution in [3.8, 4) is 11.1 Å². The maximum absolute atomic E-state index is 14.9. The van der Waals surface area contributed by atoms with Crippen LogP contribution in [0.1, 0.15) is 133 Å². The van der Waals surface area contributed by atoms with Crippen LogP contribution in [0, 0.1) is 6.92 Å². The van der Waals surface area contributed by atoms with Crippen LogP contribution in [0.2, 0.25) is 0 Å². The average molecular weight is 1430 g/mol. The lowest BCUT2D eigenvalue weighted by Crippen LogP contribution is -2.70. The molecule has 3 amide bonds. The van der Waals surface area contributed by atoms with E-state index < -0.39 is 174 Å². The van der Waals surface area contributed by atoms with Crippen LogP contribution in [-0.2, 0) is 22.3 Å². The minimum atomic E-state index is -8.24. The highest BCUT2D eigenvalue weighted by molar-refractivity contribution is 7.10. The molecule has 0 saturated carbocycles. The Morgan fingerprint density at radius 1 is 0.543 bits per heavy atom. The molecule has 3 aromatic heterocycles. The number of carbonyl (C=O) groups excluding carboxylic acids is 4. The van der Waals surface area contributed by atoms with E-state index in [9.17, 15) is 133 Å². The molecule has 0 bridgehead atoms. The number of alkyl halides is 26. The first-order valence-electron chi connectivity index (χ1n) is 26.1. The molecule has 2 aromatic carbocycles. The van der Waals surface area contributed by atoms with Gasteiger partial charge in [0.25, 0.3) is 11.8 Å². The molecule has 41 heteroatoms. The molecule has 0 aliphatic heterocycles. The summed E-state index contributed by atoms with van der Waals surface area (Å²) in [6.07, 6.45) is -24.5. The van der Waals surface area contributed by atoms with E-state index in [0.717, 1.165) is 34.8 Å². The first-order chi connectivity index (χ1) is 42.7. The Kier molecular flexibility index (Phi) is 20.8. The Bertz CT molecular complexity index is 3510. The summed E-state index contributed by atoms with van der Waals surface area (Å²) in [5.41, 5.74) is -3.14. The fraction of sp³-hybridized carbons (Fsp3) is 0.491. The Hall–Kier alpha value is -7.49. The first kappa shape index (κ1) is 75.5. The van der Waals surface area contributed by atoms with Crippen LogP contribution in [0.15, 0.2) is 64.2 Å². The number of oxazole rings is 1. The van der Waals surface area contributed by atoms with E-state index in [2.05, 4.69) is 37.5 Å². The van der Waals surface area contributed by atoms with Gasteiger partial charge < -0.3 is 29.8 Å². The summed E-state index contributed by atoms with van der Waals surface area (Å²) in [4.78, 5) is 64.4. The van der Waals surface area contributed by atoms with E-state index in [1.54, 1.807) is 6.92 Å². The van der Waals surface area contributed by atoms with Crippen LogP contribution >= 0.6 is 22.7 Å². The molecule has 94 heavy (non-hydrogen) atoms. The van der Waals surface area contributed by atoms with Crippen LogP contribution in [0.25, 0.3) is 11.1 Å². The van der Waals surface area contributed by atoms with Gasteiger partial charge in [0.2, 0.25) is 5.89 Å². The predicted octanol–water partition coefficient (Wildman–Crippen LogP) is 16.2. The predicted molar refractivity (Wildman–Crippen MR) is 273 cm³/mol. The number of rotatable bonds is 27. The van der Waals surface area contributed by atoms with Gasteiger partial charge in [0.15, 0.2) is 11.4 Å². The molecule has 5 aromatic rings. The van der Waals surface area contributed by atoms with Crippen LogP contribution in [-0.4, -0.2) is 124 Å². The van der Waals surface area contributed by atoms with Crippen LogP contribution in [0.5, 0.6) is 0 Å². The molecule has 0 radical (unpaired) electrons. The van der Waals surface area contributed by atoms with E-state index in [4.69, 9.17) is 13.9 Å². The summed E-state index contributed by atoms with van der Waals surface area (Å²) < 4.78 is 377. The van der Waals surface area contributed by atoms with Crippen molar-refractivity contribution in [2.24, 2.45) is 0 Å². The minimum Gasteiger partial charge on any atom is -0.457 e. The van der Waals surface area contributed by atoms with Gasteiger partial charge in [-0.15, -0.1) is 22.7 Å². The lowest BCUT2D eigenvalue weighted by molar-refractivity contribution is -0.440. The van der Waals surface area contributed by atoms with E-state index in [0.29, 0.717) is 29.3 Å². The Labute approximate surface area is 517 Å². The third-order valence-corrected chi connectivity index (χ3v) is 16.1. The Balaban J connectivity index is 1.21. The van der Waals surface area contributed by atoms with E-state index >= 15 is 0 Å². The summed E-state index contributed by atoms with van der Waals surface area (Å²) in [5, 5.41) is 10.7. The van der Waals surface area contributed by atoms with Gasteiger partial charge in [0, 0.05) is 29.5 Å². The van der Waals surface area contributed by atoms with Crippen molar-refractivity contribution in [2.45, 2.75) is 149 Å². The fourth-order valence-corrected chi connectivity index (χ4v) is 10.4. The van der Waals surface area contributed by atoms with Crippen molar-refractivity contribution in [3.63, 3.8) is 0 Å². The lowest BCUT2D eigenvalue weighted by Gasteiger charge is -2.39. The van der Waals surface area contributed by atoms with Crippen molar-refractivity contribution >= 4 is 46.6 Å². The lowest BCUT2D eigenvalue weighted by atomic mass is 9.90. The van der Waals surface area contributed by atoms with Gasteiger partial charge in [-0.25, -0.2) is 24.5 Å². The summed E-state index contributed by atoms with van der Waals surface area (Å²) in [6, 6.07) is 1.38. The molecule has 6 rings (SSSR count). The van der Waals surface area contributed by atoms with Gasteiger partial charge in [-0.05, 0) is 73.9 Å². The van der Waals surface area contributed by atoms with Gasteiger partial charge in [0.05, 0.1) is 12.1 Å². The second kappa shape index (κ2) is 25.9. The highest BCUT2D eigenvalue weighted by Crippen LogP contribution is 2.63. The zero-order valence-corrected chi connectivity index (χ0v) is 48.9. The van der Waals surface area contributed by atoms with Crippen molar-refractivity contribution in [3.05, 3.63) is 121 Å². The number of aromatic nitrogens is 3. The molecular weight excluding hydrogens is 1390 g/mol. The van der Waals surface area contributed by atoms with Gasteiger partial charge in [-0.2, -0.15) is 114 Å². The van der Waals surface area contributed by atoms with E-state index in [-0.39, 0.29) is 51.0 Å². The van der Waals surface area contributed by atoms with Crippen molar-refractivity contribution in [1.29, 1.82) is 0 Å². The highest BCUT2D eigenvalue weighted by atomic mass is 32.1.